The quantitative estimate of drug-likeness (QED) is 0.752. The molecule has 1 aliphatic heterocycles. The summed E-state index contributed by atoms with van der Waals surface area (Å²) in [5.74, 6) is -0.733. The van der Waals surface area contributed by atoms with Crippen LogP contribution in [0.4, 0.5) is 13.2 Å². The first kappa shape index (κ1) is 21.7. The molecule has 3 heterocycles. The van der Waals surface area contributed by atoms with Gasteiger partial charge in [0.1, 0.15) is 16.5 Å². The lowest BCUT2D eigenvalue weighted by atomic mass is 9.65. The second-order valence-electron chi connectivity index (χ2n) is 8.21. The zero-order valence-electron chi connectivity index (χ0n) is 17.0. The van der Waals surface area contributed by atoms with Crippen molar-refractivity contribution in [3.05, 3.63) is 34.7 Å². The molecule has 1 saturated heterocycles. The van der Waals surface area contributed by atoms with Crippen LogP contribution in [-0.2, 0) is 21.4 Å². The van der Waals surface area contributed by atoms with Crippen molar-refractivity contribution in [3.63, 3.8) is 0 Å². The van der Waals surface area contributed by atoms with Gasteiger partial charge in [-0.1, -0.05) is 6.42 Å². The Hall–Kier alpha value is -2.49. The summed E-state index contributed by atoms with van der Waals surface area (Å²) >= 11 is 1.28. The van der Waals surface area contributed by atoms with Gasteiger partial charge in [0.2, 0.25) is 11.8 Å². The Morgan fingerprint density at radius 3 is 2.68 bits per heavy atom. The summed E-state index contributed by atoms with van der Waals surface area (Å²) in [6.45, 7) is 2.25. The van der Waals surface area contributed by atoms with E-state index in [1.807, 2.05) is 0 Å². The van der Waals surface area contributed by atoms with E-state index in [0.717, 1.165) is 11.3 Å². The Morgan fingerprint density at radius 2 is 2.06 bits per heavy atom. The van der Waals surface area contributed by atoms with Gasteiger partial charge >= 0.3 is 6.18 Å². The maximum absolute atomic E-state index is 13.7. The molecule has 2 aliphatic rings. The molecule has 2 amide bonds. The number of likely N-dealkylation sites (tertiary alicyclic amines) is 1. The highest BCUT2D eigenvalue weighted by Gasteiger charge is 2.60. The Bertz CT molecular complexity index is 1020. The molecule has 1 aliphatic carbocycles. The second kappa shape index (κ2) is 7.89. The zero-order valence-corrected chi connectivity index (χ0v) is 17.9. The largest absolute Gasteiger partial charge is 0.399 e. The molecule has 31 heavy (non-hydrogen) atoms. The molecule has 0 bridgehead atoms. The molecule has 0 radical (unpaired) electrons. The highest BCUT2D eigenvalue weighted by Crippen LogP contribution is 2.54. The number of rotatable bonds is 5. The highest BCUT2D eigenvalue weighted by molar-refractivity contribution is 7.15. The van der Waals surface area contributed by atoms with Crippen molar-refractivity contribution in [1.29, 1.82) is 0 Å². The van der Waals surface area contributed by atoms with E-state index in [4.69, 9.17) is 5.73 Å². The summed E-state index contributed by atoms with van der Waals surface area (Å²) in [5.41, 5.74) is 4.81. The maximum Gasteiger partial charge on any atom is 0.399 e. The van der Waals surface area contributed by atoms with E-state index in [2.05, 4.69) is 9.97 Å². The first-order valence-electron chi connectivity index (χ1n) is 10.2. The van der Waals surface area contributed by atoms with Gasteiger partial charge in [0.15, 0.2) is 0 Å². The van der Waals surface area contributed by atoms with E-state index in [9.17, 15) is 22.8 Å². The molecule has 1 atom stereocenters. The van der Waals surface area contributed by atoms with Crippen LogP contribution < -0.4 is 5.73 Å². The van der Waals surface area contributed by atoms with E-state index in [-0.39, 0.29) is 30.9 Å². The van der Waals surface area contributed by atoms with E-state index in [1.165, 1.54) is 28.5 Å². The van der Waals surface area contributed by atoms with Crippen LogP contribution in [0.25, 0.3) is 10.4 Å². The first-order valence-corrected chi connectivity index (χ1v) is 11.0. The average molecular weight is 453 g/mol. The van der Waals surface area contributed by atoms with Crippen molar-refractivity contribution in [1.82, 2.24) is 14.9 Å². The van der Waals surface area contributed by atoms with Crippen LogP contribution in [0.3, 0.4) is 0 Å². The molecular weight excluding hydrogens is 429 g/mol. The number of aryl methyl sites for hydroxylation is 1. The van der Waals surface area contributed by atoms with Gasteiger partial charge in [-0.3, -0.25) is 14.6 Å². The first-order chi connectivity index (χ1) is 14.6. The lowest BCUT2D eigenvalue weighted by Gasteiger charge is -2.42. The fourth-order valence-corrected chi connectivity index (χ4v) is 5.49. The third kappa shape index (κ3) is 3.81. The number of nitrogens with zero attached hydrogens (tertiary/aromatic N) is 3. The maximum atomic E-state index is 13.7. The third-order valence-corrected chi connectivity index (χ3v) is 7.51. The number of carbonyl (C=O) groups is 2. The monoisotopic (exact) mass is 452 g/mol. The number of hydrogen-bond acceptors (Lipinski definition) is 5. The zero-order chi connectivity index (χ0) is 22.4. The van der Waals surface area contributed by atoms with Gasteiger partial charge in [-0.2, -0.15) is 13.2 Å². The number of nitrogens with two attached hydrogens (primary N) is 1. The smallest absolute Gasteiger partial charge is 0.368 e. The minimum absolute atomic E-state index is 0.0275. The van der Waals surface area contributed by atoms with Crippen LogP contribution in [0.2, 0.25) is 0 Å². The van der Waals surface area contributed by atoms with Gasteiger partial charge in [0, 0.05) is 12.7 Å². The summed E-state index contributed by atoms with van der Waals surface area (Å²) in [7, 11) is 0. The number of aromatic nitrogens is 2. The topological polar surface area (TPSA) is 89.2 Å². The molecule has 166 valence electrons. The minimum atomic E-state index is -4.34. The molecule has 2 aromatic rings. The molecule has 0 unspecified atom stereocenters. The van der Waals surface area contributed by atoms with Crippen LogP contribution in [0.1, 0.15) is 48.5 Å². The standard InChI is InChI=1S/C21H23F3N4O2S/c1-12-18(13-5-8-26-15(10-13)20(6-3-7-20)21(22,23)24)31-16(27-12)11-17(29)28-9-2-4-14(28)19(25)30/h5,8,10,14H,2-4,6-7,9,11H2,1H3,(H2,25,30)/t14-/m0/s1. The summed E-state index contributed by atoms with van der Waals surface area (Å²) in [6, 6.07) is 2.58. The van der Waals surface area contributed by atoms with E-state index in [1.54, 1.807) is 13.0 Å². The van der Waals surface area contributed by atoms with Gasteiger partial charge in [0.05, 0.1) is 22.7 Å². The second-order valence-corrected chi connectivity index (χ2v) is 9.29. The third-order valence-electron chi connectivity index (χ3n) is 6.31. The Balaban J connectivity index is 1.57. The van der Waals surface area contributed by atoms with Crippen LogP contribution in [0.15, 0.2) is 18.3 Å². The minimum Gasteiger partial charge on any atom is -0.368 e. The van der Waals surface area contributed by atoms with E-state index >= 15 is 0 Å². The number of carbonyl (C=O) groups excluding carboxylic acids is 2. The van der Waals surface area contributed by atoms with E-state index in [0.29, 0.717) is 35.7 Å². The fraction of sp³-hybridized carbons (Fsp3) is 0.524. The van der Waals surface area contributed by atoms with Crippen molar-refractivity contribution < 1.29 is 22.8 Å². The number of amides is 2. The van der Waals surface area contributed by atoms with Crippen LogP contribution in [-0.4, -0.2) is 45.4 Å². The van der Waals surface area contributed by atoms with Crippen LogP contribution in [0, 0.1) is 6.92 Å². The normalized spacial score (nSPS) is 20.5. The number of alkyl halides is 3. The number of primary amides is 1. The number of pyridine rings is 1. The number of thiazole rings is 1. The lowest BCUT2D eigenvalue weighted by molar-refractivity contribution is -0.214. The fourth-order valence-electron chi connectivity index (χ4n) is 4.44. The highest BCUT2D eigenvalue weighted by atomic mass is 32.1. The van der Waals surface area contributed by atoms with Crippen LogP contribution >= 0.6 is 11.3 Å². The molecule has 2 aromatic heterocycles. The predicted octanol–water partition coefficient (Wildman–Crippen LogP) is 3.52. The molecule has 10 heteroatoms. The molecular formula is C21H23F3N4O2S. The summed E-state index contributed by atoms with van der Waals surface area (Å²) in [6.07, 6.45) is -1.01. The molecule has 4 rings (SSSR count). The van der Waals surface area contributed by atoms with Crippen molar-refractivity contribution in [3.8, 4) is 10.4 Å². The summed E-state index contributed by atoms with van der Waals surface area (Å²) < 4.78 is 41.1. The van der Waals surface area contributed by atoms with Crippen LogP contribution in [0.5, 0.6) is 0 Å². The molecule has 2 N–H and O–H groups in total. The van der Waals surface area contributed by atoms with Crippen molar-refractivity contribution in [2.45, 2.75) is 63.1 Å². The van der Waals surface area contributed by atoms with Crippen molar-refractivity contribution >= 4 is 23.2 Å². The number of hydrogen-bond donors (Lipinski definition) is 1. The Morgan fingerprint density at radius 1 is 1.32 bits per heavy atom. The van der Waals surface area contributed by atoms with Gasteiger partial charge in [0.25, 0.3) is 0 Å². The molecule has 0 aromatic carbocycles. The number of halogens is 3. The predicted molar refractivity (Wildman–Crippen MR) is 109 cm³/mol. The van der Waals surface area contributed by atoms with Gasteiger partial charge in [-0.25, -0.2) is 4.98 Å². The van der Waals surface area contributed by atoms with E-state index < -0.39 is 23.5 Å². The SMILES string of the molecule is Cc1nc(CC(=O)N2CCC[C@H]2C(N)=O)sc1-c1ccnc(C2(C(F)(F)F)CCC2)c1. The Labute approximate surface area is 181 Å². The molecule has 6 nitrogen and oxygen atoms in total. The molecule has 1 saturated carbocycles. The average Bonchev–Trinajstić information content (AvgIpc) is 3.26. The van der Waals surface area contributed by atoms with Crippen molar-refractivity contribution in [2.24, 2.45) is 5.73 Å². The van der Waals surface area contributed by atoms with Gasteiger partial charge in [-0.15, -0.1) is 11.3 Å². The van der Waals surface area contributed by atoms with Crippen molar-refractivity contribution in [2.75, 3.05) is 6.54 Å². The molecule has 0 spiro atoms. The van der Waals surface area contributed by atoms with Gasteiger partial charge in [-0.05, 0) is 50.3 Å². The lowest BCUT2D eigenvalue weighted by Crippen LogP contribution is -2.48. The summed E-state index contributed by atoms with van der Waals surface area (Å²) in [5, 5.41) is 0.556. The Kier molecular flexibility index (Phi) is 5.53. The molecule has 2 fully saturated rings. The summed E-state index contributed by atoms with van der Waals surface area (Å²) in [4.78, 5) is 34.9. The van der Waals surface area contributed by atoms with Gasteiger partial charge < -0.3 is 10.6 Å².